The van der Waals surface area contributed by atoms with Crippen molar-refractivity contribution >= 4 is 5.69 Å². The van der Waals surface area contributed by atoms with Gasteiger partial charge < -0.3 is 5.73 Å². The molecule has 96 valence electrons. The van der Waals surface area contributed by atoms with Crippen molar-refractivity contribution in [3.05, 3.63) is 17.7 Å². The topological polar surface area (TPSA) is 51.8 Å². The molecule has 17 heavy (non-hydrogen) atoms. The molecule has 1 aromatic rings. The van der Waals surface area contributed by atoms with E-state index >= 15 is 0 Å². The van der Waals surface area contributed by atoms with Crippen LogP contribution in [-0.2, 0) is 12.6 Å². The molecule has 0 aliphatic heterocycles. The number of aryl methyl sites for hydroxylation is 1. The van der Waals surface area contributed by atoms with Gasteiger partial charge in [0.2, 0.25) is 0 Å². The first-order valence-corrected chi connectivity index (χ1v) is 5.28. The summed E-state index contributed by atoms with van der Waals surface area (Å²) in [4.78, 5) is 7.30. The van der Waals surface area contributed by atoms with Gasteiger partial charge >= 0.3 is 6.18 Å². The number of rotatable bonds is 2. The summed E-state index contributed by atoms with van der Waals surface area (Å²) in [5.74, 6) is 0.182. The van der Waals surface area contributed by atoms with Gasteiger partial charge in [0, 0.05) is 6.42 Å². The Morgan fingerprint density at radius 2 is 1.82 bits per heavy atom. The molecule has 6 heteroatoms. The minimum Gasteiger partial charge on any atom is -0.396 e. The summed E-state index contributed by atoms with van der Waals surface area (Å²) in [5.41, 5.74) is 3.77. The predicted octanol–water partition coefficient (Wildman–Crippen LogP) is 3.06. The van der Waals surface area contributed by atoms with Crippen molar-refractivity contribution in [3.8, 4) is 0 Å². The minimum absolute atomic E-state index is 0.0309. The molecule has 0 radical (unpaired) electrons. The first-order valence-electron chi connectivity index (χ1n) is 5.28. The first-order chi connectivity index (χ1) is 7.59. The third kappa shape index (κ3) is 4.20. The predicted molar refractivity (Wildman–Crippen MR) is 59.2 cm³/mol. The smallest absolute Gasteiger partial charge is 0.396 e. The van der Waals surface area contributed by atoms with Crippen molar-refractivity contribution in [1.82, 2.24) is 9.97 Å². The normalized spacial score (nSPS) is 12.8. The number of nitrogens with zero attached hydrogens (tertiary/aromatic N) is 2. The maximum absolute atomic E-state index is 12.5. The lowest BCUT2D eigenvalue weighted by molar-refractivity contribution is -0.140. The largest absolute Gasteiger partial charge is 0.435 e. The van der Waals surface area contributed by atoms with Crippen molar-refractivity contribution in [2.24, 2.45) is 5.41 Å². The Morgan fingerprint density at radius 3 is 2.29 bits per heavy atom. The molecule has 0 fully saturated rings. The molecule has 0 saturated carbocycles. The Bertz CT molecular complexity index is 394. The Kier molecular flexibility index (Phi) is 3.64. The van der Waals surface area contributed by atoms with Gasteiger partial charge in [-0.3, -0.25) is 0 Å². The second-order valence-electron chi connectivity index (χ2n) is 5.15. The highest BCUT2D eigenvalue weighted by Crippen LogP contribution is 2.31. The highest BCUT2D eigenvalue weighted by molar-refractivity contribution is 5.41. The fourth-order valence-electron chi connectivity index (χ4n) is 1.26. The van der Waals surface area contributed by atoms with Gasteiger partial charge in [-0.2, -0.15) is 13.2 Å². The summed E-state index contributed by atoms with van der Waals surface area (Å²) in [6.07, 6.45) is -2.38. The van der Waals surface area contributed by atoms with E-state index in [0.29, 0.717) is 12.8 Å². The van der Waals surface area contributed by atoms with E-state index in [0.717, 1.165) is 6.20 Å². The van der Waals surface area contributed by atoms with E-state index in [4.69, 9.17) is 5.73 Å². The van der Waals surface area contributed by atoms with Gasteiger partial charge in [-0.1, -0.05) is 20.8 Å². The molecular weight excluding hydrogens is 231 g/mol. The highest BCUT2D eigenvalue weighted by Gasteiger charge is 2.35. The van der Waals surface area contributed by atoms with Crippen molar-refractivity contribution in [3.63, 3.8) is 0 Å². The van der Waals surface area contributed by atoms with Crippen LogP contribution in [0.25, 0.3) is 0 Å². The van der Waals surface area contributed by atoms with E-state index < -0.39 is 17.6 Å². The Hall–Kier alpha value is -1.33. The lowest BCUT2D eigenvalue weighted by atomic mass is 9.90. The highest BCUT2D eigenvalue weighted by atomic mass is 19.4. The van der Waals surface area contributed by atoms with Crippen LogP contribution in [0.1, 0.15) is 38.7 Å². The molecule has 2 N–H and O–H groups in total. The van der Waals surface area contributed by atoms with E-state index in [1.54, 1.807) is 0 Å². The van der Waals surface area contributed by atoms with Crippen molar-refractivity contribution in [2.75, 3.05) is 5.73 Å². The molecule has 3 nitrogen and oxygen atoms in total. The number of nitrogens with two attached hydrogens (primary N) is 1. The van der Waals surface area contributed by atoms with Gasteiger partial charge in [0.25, 0.3) is 0 Å². The number of alkyl halides is 3. The van der Waals surface area contributed by atoms with Crippen LogP contribution in [0.15, 0.2) is 6.20 Å². The first kappa shape index (κ1) is 13.7. The molecule has 1 heterocycles. The molecule has 1 aromatic heterocycles. The summed E-state index contributed by atoms with van der Waals surface area (Å²) < 4.78 is 37.6. The molecule has 0 amide bonds. The van der Waals surface area contributed by atoms with Crippen LogP contribution < -0.4 is 5.73 Å². The van der Waals surface area contributed by atoms with Crippen molar-refractivity contribution < 1.29 is 13.2 Å². The van der Waals surface area contributed by atoms with Gasteiger partial charge in [0.15, 0.2) is 5.69 Å². The fourth-order valence-corrected chi connectivity index (χ4v) is 1.26. The quantitative estimate of drug-likeness (QED) is 0.873. The van der Waals surface area contributed by atoms with Gasteiger partial charge in [-0.05, 0) is 11.8 Å². The molecule has 0 spiro atoms. The molecule has 1 rings (SSSR count). The van der Waals surface area contributed by atoms with E-state index in [9.17, 15) is 13.2 Å². The summed E-state index contributed by atoms with van der Waals surface area (Å²) in [5, 5.41) is 0. The number of aromatic nitrogens is 2. The number of nitrogen functional groups attached to an aromatic ring is 1. The number of anilines is 1. The zero-order valence-electron chi connectivity index (χ0n) is 10.1. The monoisotopic (exact) mass is 247 g/mol. The average Bonchev–Trinajstić information content (AvgIpc) is 2.13. The van der Waals surface area contributed by atoms with Crippen LogP contribution in [-0.4, -0.2) is 9.97 Å². The van der Waals surface area contributed by atoms with Gasteiger partial charge in [-0.15, -0.1) is 0 Å². The van der Waals surface area contributed by atoms with E-state index in [2.05, 4.69) is 9.97 Å². The second-order valence-corrected chi connectivity index (χ2v) is 5.15. The molecule has 0 aromatic carbocycles. The SMILES string of the molecule is CC(C)(C)CCc1ncc(N)c(C(F)(F)F)n1. The summed E-state index contributed by atoms with van der Waals surface area (Å²) in [7, 11) is 0. The maximum Gasteiger partial charge on any atom is 0.435 e. The van der Waals surface area contributed by atoms with Gasteiger partial charge in [0.05, 0.1) is 11.9 Å². The maximum atomic E-state index is 12.5. The summed E-state index contributed by atoms with van der Waals surface area (Å²) in [6, 6.07) is 0. The zero-order chi connectivity index (χ0) is 13.3. The molecule has 0 unspecified atom stereocenters. The fraction of sp³-hybridized carbons (Fsp3) is 0.636. The van der Waals surface area contributed by atoms with E-state index in [1.807, 2.05) is 20.8 Å². The van der Waals surface area contributed by atoms with Crippen LogP contribution in [0.5, 0.6) is 0 Å². The number of hydrogen-bond acceptors (Lipinski definition) is 3. The lowest BCUT2D eigenvalue weighted by Crippen LogP contribution is -2.15. The third-order valence-corrected chi connectivity index (χ3v) is 2.23. The van der Waals surface area contributed by atoms with E-state index in [1.165, 1.54) is 0 Å². The second kappa shape index (κ2) is 4.50. The summed E-state index contributed by atoms with van der Waals surface area (Å²) >= 11 is 0. The van der Waals surface area contributed by atoms with Crippen LogP contribution in [0.2, 0.25) is 0 Å². The summed E-state index contributed by atoms with van der Waals surface area (Å²) in [6.45, 7) is 6.03. The number of hydrogen-bond donors (Lipinski definition) is 1. The average molecular weight is 247 g/mol. The molecular formula is C11H16F3N3. The molecule has 0 bridgehead atoms. The molecule has 0 aliphatic carbocycles. The van der Waals surface area contributed by atoms with Crippen molar-refractivity contribution in [1.29, 1.82) is 0 Å². The van der Waals surface area contributed by atoms with Gasteiger partial charge in [0.1, 0.15) is 5.82 Å². The molecule has 0 saturated heterocycles. The number of halogens is 3. The molecule has 0 atom stereocenters. The van der Waals surface area contributed by atoms with Crippen LogP contribution in [0, 0.1) is 5.41 Å². The Morgan fingerprint density at radius 1 is 1.24 bits per heavy atom. The van der Waals surface area contributed by atoms with Crippen LogP contribution in [0.3, 0.4) is 0 Å². The van der Waals surface area contributed by atoms with Crippen LogP contribution in [0.4, 0.5) is 18.9 Å². The molecule has 0 aliphatic rings. The van der Waals surface area contributed by atoms with E-state index in [-0.39, 0.29) is 11.2 Å². The Balaban J connectivity index is 2.90. The third-order valence-electron chi connectivity index (χ3n) is 2.23. The zero-order valence-corrected chi connectivity index (χ0v) is 10.1. The lowest BCUT2D eigenvalue weighted by Gasteiger charge is -2.17. The van der Waals surface area contributed by atoms with Crippen molar-refractivity contribution in [2.45, 2.75) is 39.8 Å². The van der Waals surface area contributed by atoms with Gasteiger partial charge in [-0.25, -0.2) is 9.97 Å². The van der Waals surface area contributed by atoms with Crippen LogP contribution >= 0.6 is 0 Å². The minimum atomic E-state index is -4.52. The Labute approximate surface area is 98.3 Å². The standard InChI is InChI=1S/C11H16F3N3/c1-10(2,3)5-4-8-16-6-7(15)9(17-8)11(12,13)14/h6H,4-5,15H2,1-3H3.